The third-order valence-corrected chi connectivity index (χ3v) is 4.56. The van der Waals surface area contributed by atoms with Crippen molar-refractivity contribution < 1.29 is 4.74 Å². The Morgan fingerprint density at radius 1 is 1.17 bits per heavy atom. The van der Waals surface area contributed by atoms with Gasteiger partial charge in [0.25, 0.3) is 0 Å². The van der Waals surface area contributed by atoms with E-state index in [1.54, 1.807) is 7.11 Å². The second-order valence-electron chi connectivity index (χ2n) is 5.44. The molecule has 1 N–H and O–H groups in total. The highest BCUT2D eigenvalue weighted by molar-refractivity contribution is 9.10. The summed E-state index contributed by atoms with van der Waals surface area (Å²) in [5.74, 6) is 1.92. The van der Waals surface area contributed by atoms with E-state index >= 15 is 0 Å². The lowest BCUT2D eigenvalue weighted by Crippen LogP contribution is -2.04. The summed E-state index contributed by atoms with van der Waals surface area (Å²) in [5.41, 5.74) is 4.30. The fourth-order valence-electron chi connectivity index (χ4n) is 3.03. The summed E-state index contributed by atoms with van der Waals surface area (Å²) in [6, 6.07) is 16.2. The number of nitrogens with zero attached hydrogens (tertiary/aromatic N) is 2. The fraction of sp³-hybridized carbons (Fsp3) is 0.167. The molecule has 0 fully saturated rings. The van der Waals surface area contributed by atoms with Crippen LogP contribution in [-0.4, -0.2) is 23.4 Å². The number of anilines is 1. The Bertz CT molecular complexity index is 872. The third kappa shape index (κ3) is 2.41. The SMILES string of the molecule is COc1ccccc1-c1nn(-c2cccc(Br)c2)c2c1CCN2. The van der Waals surface area contributed by atoms with E-state index in [0.29, 0.717) is 0 Å². The van der Waals surface area contributed by atoms with Gasteiger partial charge < -0.3 is 10.1 Å². The van der Waals surface area contributed by atoms with E-state index in [9.17, 15) is 0 Å². The van der Waals surface area contributed by atoms with E-state index in [2.05, 4.69) is 39.4 Å². The van der Waals surface area contributed by atoms with Crippen molar-refractivity contribution in [2.24, 2.45) is 0 Å². The fourth-order valence-corrected chi connectivity index (χ4v) is 3.41. The number of methoxy groups -OCH3 is 1. The van der Waals surface area contributed by atoms with E-state index in [0.717, 1.165) is 46.0 Å². The van der Waals surface area contributed by atoms with Crippen molar-refractivity contribution >= 4 is 21.7 Å². The number of para-hydroxylation sites is 1. The zero-order chi connectivity index (χ0) is 15.8. The molecule has 2 heterocycles. The number of halogens is 1. The van der Waals surface area contributed by atoms with Crippen LogP contribution in [-0.2, 0) is 6.42 Å². The maximum atomic E-state index is 5.52. The molecular weight excluding hydrogens is 354 g/mol. The molecule has 23 heavy (non-hydrogen) atoms. The zero-order valence-electron chi connectivity index (χ0n) is 12.7. The standard InChI is InChI=1S/C18H16BrN3O/c1-23-16-8-3-2-7-14(16)17-15-9-10-20-18(15)22(21-17)13-6-4-5-12(19)11-13/h2-8,11,20H,9-10H2,1H3. The van der Waals surface area contributed by atoms with Gasteiger partial charge in [-0.25, -0.2) is 4.68 Å². The first kappa shape index (κ1) is 14.3. The zero-order valence-corrected chi connectivity index (χ0v) is 14.3. The highest BCUT2D eigenvalue weighted by Gasteiger charge is 2.25. The summed E-state index contributed by atoms with van der Waals surface area (Å²) in [5, 5.41) is 8.33. The minimum Gasteiger partial charge on any atom is -0.496 e. The van der Waals surface area contributed by atoms with Crippen LogP contribution in [0.1, 0.15) is 5.56 Å². The van der Waals surface area contributed by atoms with E-state index < -0.39 is 0 Å². The second-order valence-corrected chi connectivity index (χ2v) is 6.36. The molecule has 116 valence electrons. The van der Waals surface area contributed by atoms with E-state index in [4.69, 9.17) is 9.84 Å². The lowest BCUT2D eigenvalue weighted by molar-refractivity contribution is 0.416. The Morgan fingerprint density at radius 2 is 2.04 bits per heavy atom. The molecule has 0 saturated heterocycles. The number of hydrogen-bond acceptors (Lipinski definition) is 3. The number of fused-ring (bicyclic) bond motifs is 1. The van der Waals surface area contributed by atoms with Crippen molar-refractivity contribution in [3.05, 3.63) is 58.6 Å². The molecule has 1 aliphatic rings. The Balaban J connectivity index is 1.92. The topological polar surface area (TPSA) is 39.1 Å². The molecule has 4 rings (SSSR count). The van der Waals surface area contributed by atoms with Crippen molar-refractivity contribution in [1.82, 2.24) is 9.78 Å². The first-order valence-electron chi connectivity index (χ1n) is 7.53. The lowest BCUT2D eigenvalue weighted by atomic mass is 10.1. The monoisotopic (exact) mass is 369 g/mol. The summed E-state index contributed by atoms with van der Waals surface area (Å²) in [4.78, 5) is 0. The van der Waals surface area contributed by atoms with Crippen molar-refractivity contribution in [3.63, 3.8) is 0 Å². The van der Waals surface area contributed by atoms with Crippen LogP contribution < -0.4 is 10.1 Å². The number of rotatable bonds is 3. The largest absolute Gasteiger partial charge is 0.496 e. The maximum absolute atomic E-state index is 5.52. The van der Waals surface area contributed by atoms with Crippen LogP contribution >= 0.6 is 15.9 Å². The van der Waals surface area contributed by atoms with Crippen molar-refractivity contribution in [2.45, 2.75) is 6.42 Å². The van der Waals surface area contributed by atoms with Crippen molar-refractivity contribution in [3.8, 4) is 22.7 Å². The molecule has 0 aliphatic carbocycles. The quantitative estimate of drug-likeness (QED) is 0.748. The Hall–Kier alpha value is -2.27. The van der Waals surface area contributed by atoms with E-state index in [1.807, 2.05) is 35.0 Å². The molecule has 1 aromatic heterocycles. The molecule has 0 saturated carbocycles. The molecular formula is C18H16BrN3O. The van der Waals surface area contributed by atoms with E-state index in [1.165, 1.54) is 5.56 Å². The summed E-state index contributed by atoms with van der Waals surface area (Å²) in [6.07, 6.45) is 0.969. The van der Waals surface area contributed by atoms with Gasteiger partial charge in [0.2, 0.25) is 0 Å². The molecule has 0 unspecified atom stereocenters. The molecule has 0 bridgehead atoms. The molecule has 1 aliphatic heterocycles. The number of nitrogens with one attached hydrogen (secondary N) is 1. The Kier molecular flexibility index (Phi) is 3.58. The van der Waals surface area contributed by atoms with Gasteiger partial charge in [-0.15, -0.1) is 0 Å². The van der Waals surface area contributed by atoms with Gasteiger partial charge in [-0.05, 0) is 36.8 Å². The smallest absolute Gasteiger partial charge is 0.133 e. The summed E-state index contributed by atoms with van der Waals surface area (Å²) >= 11 is 3.53. The minimum absolute atomic E-state index is 0.848. The highest BCUT2D eigenvalue weighted by atomic mass is 79.9. The summed E-state index contributed by atoms with van der Waals surface area (Å²) in [7, 11) is 1.70. The molecule has 4 nitrogen and oxygen atoms in total. The number of benzene rings is 2. The number of hydrogen-bond donors (Lipinski definition) is 1. The number of ether oxygens (including phenoxy) is 1. The molecule has 5 heteroatoms. The lowest BCUT2D eigenvalue weighted by Gasteiger charge is -2.08. The van der Waals surface area contributed by atoms with Crippen LogP contribution in [0.15, 0.2) is 53.0 Å². The van der Waals surface area contributed by atoms with Crippen LogP contribution in [0.3, 0.4) is 0 Å². The van der Waals surface area contributed by atoms with Gasteiger partial charge in [-0.1, -0.05) is 34.1 Å². The predicted molar refractivity (Wildman–Crippen MR) is 95.4 cm³/mol. The Morgan fingerprint density at radius 3 is 2.87 bits per heavy atom. The van der Waals surface area contributed by atoms with Gasteiger partial charge in [-0.2, -0.15) is 5.10 Å². The minimum atomic E-state index is 0.848. The average Bonchev–Trinajstić information content (AvgIpc) is 3.17. The van der Waals surface area contributed by atoms with Gasteiger partial charge in [0.05, 0.1) is 12.8 Å². The molecule has 0 spiro atoms. The van der Waals surface area contributed by atoms with Crippen LogP contribution in [0.25, 0.3) is 16.9 Å². The molecule has 3 aromatic rings. The van der Waals surface area contributed by atoms with Crippen molar-refractivity contribution in [1.29, 1.82) is 0 Å². The van der Waals surface area contributed by atoms with Gasteiger partial charge in [0, 0.05) is 22.1 Å². The van der Waals surface area contributed by atoms with Crippen LogP contribution in [0, 0.1) is 0 Å². The van der Waals surface area contributed by atoms with Crippen LogP contribution in [0.2, 0.25) is 0 Å². The van der Waals surface area contributed by atoms with Gasteiger partial charge in [0.1, 0.15) is 17.3 Å². The van der Waals surface area contributed by atoms with E-state index in [-0.39, 0.29) is 0 Å². The summed E-state index contributed by atoms with van der Waals surface area (Å²) in [6.45, 7) is 0.934. The van der Waals surface area contributed by atoms with Gasteiger partial charge >= 0.3 is 0 Å². The highest BCUT2D eigenvalue weighted by Crippen LogP contribution is 2.38. The third-order valence-electron chi connectivity index (χ3n) is 4.07. The normalized spacial score (nSPS) is 12.8. The summed E-state index contributed by atoms with van der Waals surface area (Å²) < 4.78 is 8.54. The van der Waals surface area contributed by atoms with Gasteiger partial charge in [0.15, 0.2) is 0 Å². The second kappa shape index (κ2) is 5.74. The number of aromatic nitrogens is 2. The van der Waals surface area contributed by atoms with Crippen LogP contribution in [0.4, 0.5) is 5.82 Å². The molecule has 0 amide bonds. The predicted octanol–water partition coefficient (Wildman–Crippen LogP) is 4.28. The maximum Gasteiger partial charge on any atom is 0.133 e. The Labute approximate surface area is 143 Å². The molecule has 0 radical (unpaired) electrons. The average molecular weight is 370 g/mol. The van der Waals surface area contributed by atoms with Crippen molar-refractivity contribution in [2.75, 3.05) is 19.0 Å². The first-order valence-corrected chi connectivity index (χ1v) is 8.32. The van der Waals surface area contributed by atoms with Gasteiger partial charge in [-0.3, -0.25) is 0 Å². The molecule has 0 atom stereocenters. The molecule has 2 aromatic carbocycles. The first-order chi connectivity index (χ1) is 11.3. The van der Waals surface area contributed by atoms with Crippen LogP contribution in [0.5, 0.6) is 5.75 Å².